The van der Waals surface area contributed by atoms with Crippen LogP contribution in [-0.2, 0) is 4.74 Å². The standard InChI is InChI=1S/C18H23N3O4/c1-18(2,3)25-17(23)21-11-7-10(8-11)15(22)14-12-5-6-19-16(12)20-9-13(14)24-4/h5-6,9-11H,7-8H2,1-4H3,(H,19,20)(H,21,23). The lowest BCUT2D eigenvalue weighted by atomic mass is 9.75. The van der Waals surface area contributed by atoms with Crippen molar-refractivity contribution in [3.05, 3.63) is 24.0 Å². The molecule has 2 N–H and O–H groups in total. The first-order chi connectivity index (χ1) is 11.8. The van der Waals surface area contributed by atoms with E-state index >= 15 is 0 Å². The van der Waals surface area contributed by atoms with Gasteiger partial charge in [-0.1, -0.05) is 0 Å². The largest absolute Gasteiger partial charge is 0.494 e. The second-order valence-corrected chi connectivity index (χ2v) is 7.32. The summed E-state index contributed by atoms with van der Waals surface area (Å²) in [5, 5.41) is 3.56. The molecule has 1 aliphatic rings. The van der Waals surface area contributed by atoms with Crippen LogP contribution in [0, 0.1) is 5.92 Å². The van der Waals surface area contributed by atoms with Gasteiger partial charge in [-0.25, -0.2) is 9.78 Å². The third-order valence-corrected chi connectivity index (χ3v) is 4.25. The van der Waals surface area contributed by atoms with Crippen molar-refractivity contribution in [2.45, 2.75) is 45.3 Å². The summed E-state index contributed by atoms with van der Waals surface area (Å²) in [5.41, 5.74) is 0.675. The summed E-state index contributed by atoms with van der Waals surface area (Å²) >= 11 is 0. The molecule has 0 atom stereocenters. The summed E-state index contributed by atoms with van der Waals surface area (Å²) < 4.78 is 10.6. The van der Waals surface area contributed by atoms with Gasteiger partial charge in [-0.15, -0.1) is 0 Å². The average molecular weight is 345 g/mol. The molecule has 134 valence electrons. The Morgan fingerprint density at radius 3 is 2.68 bits per heavy atom. The number of hydrogen-bond donors (Lipinski definition) is 2. The van der Waals surface area contributed by atoms with Crippen molar-refractivity contribution in [1.29, 1.82) is 0 Å². The van der Waals surface area contributed by atoms with Crippen molar-refractivity contribution in [2.24, 2.45) is 5.92 Å². The van der Waals surface area contributed by atoms with Crippen molar-refractivity contribution in [3.8, 4) is 5.75 Å². The van der Waals surface area contributed by atoms with Crippen molar-refractivity contribution in [2.75, 3.05) is 7.11 Å². The zero-order valence-corrected chi connectivity index (χ0v) is 14.9. The molecule has 1 amide bonds. The number of amides is 1. The molecule has 1 saturated carbocycles. The molecule has 0 aromatic carbocycles. The first kappa shape index (κ1) is 17.3. The number of nitrogens with zero attached hydrogens (tertiary/aromatic N) is 1. The van der Waals surface area contributed by atoms with Gasteiger partial charge in [0.05, 0.1) is 18.9 Å². The van der Waals surface area contributed by atoms with Crippen LogP contribution in [0.15, 0.2) is 18.5 Å². The Morgan fingerprint density at radius 1 is 1.32 bits per heavy atom. The minimum absolute atomic E-state index is 0.0195. The normalized spacial score (nSPS) is 20.0. The van der Waals surface area contributed by atoms with Gasteiger partial charge in [0.2, 0.25) is 0 Å². The van der Waals surface area contributed by atoms with Crippen molar-refractivity contribution < 1.29 is 19.1 Å². The quantitative estimate of drug-likeness (QED) is 0.831. The van der Waals surface area contributed by atoms with Gasteiger partial charge in [-0.2, -0.15) is 0 Å². The number of aromatic amines is 1. The summed E-state index contributed by atoms with van der Waals surface area (Å²) in [5.74, 6) is 0.348. The number of ketones is 1. The number of nitrogens with one attached hydrogen (secondary N) is 2. The van der Waals surface area contributed by atoms with Crippen LogP contribution in [0.2, 0.25) is 0 Å². The third kappa shape index (κ3) is 3.60. The van der Waals surface area contributed by atoms with E-state index < -0.39 is 11.7 Å². The van der Waals surface area contributed by atoms with Gasteiger partial charge in [0.15, 0.2) is 5.78 Å². The number of pyridine rings is 1. The number of carbonyl (C=O) groups is 2. The highest BCUT2D eigenvalue weighted by molar-refractivity contribution is 6.10. The molecule has 7 nitrogen and oxygen atoms in total. The number of rotatable bonds is 4. The zero-order valence-electron chi connectivity index (χ0n) is 14.9. The third-order valence-electron chi connectivity index (χ3n) is 4.25. The smallest absolute Gasteiger partial charge is 0.407 e. The molecular weight excluding hydrogens is 322 g/mol. The van der Waals surface area contributed by atoms with Gasteiger partial charge < -0.3 is 19.8 Å². The van der Waals surface area contributed by atoms with Crippen molar-refractivity contribution in [1.82, 2.24) is 15.3 Å². The zero-order chi connectivity index (χ0) is 18.2. The lowest BCUT2D eigenvalue weighted by Crippen LogP contribution is -2.48. The highest BCUT2D eigenvalue weighted by atomic mass is 16.6. The molecule has 7 heteroatoms. The van der Waals surface area contributed by atoms with Crippen LogP contribution in [0.25, 0.3) is 11.0 Å². The molecule has 1 fully saturated rings. The fraction of sp³-hybridized carbons (Fsp3) is 0.500. The van der Waals surface area contributed by atoms with E-state index in [1.165, 1.54) is 7.11 Å². The van der Waals surface area contributed by atoms with Gasteiger partial charge in [0.1, 0.15) is 17.0 Å². The maximum absolute atomic E-state index is 12.9. The molecule has 2 aromatic heterocycles. The van der Waals surface area contributed by atoms with E-state index in [1.54, 1.807) is 12.4 Å². The molecule has 0 bridgehead atoms. The van der Waals surface area contributed by atoms with Crippen molar-refractivity contribution in [3.63, 3.8) is 0 Å². The summed E-state index contributed by atoms with van der Waals surface area (Å²) in [4.78, 5) is 32.0. The molecule has 0 spiro atoms. The van der Waals surface area contributed by atoms with Gasteiger partial charge in [0.25, 0.3) is 0 Å². The minimum atomic E-state index is -0.534. The average Bonchev–Trinajstić information content (AvgIpc) is 2.95. The van der Waals surface area contributed by atoms with Crippen LogP contribution >= 0.6 is 0 Å². The van der Waals surface area contributed by atoms with Crippen LogP contribution in [0.1, 0.15) is 44.0 Å². The summed E-state index contributed by atoms with van der Waals surface area (Å²) in [6.07, 6.45) is 4.05. The maximum atomic E-state index is 12.9. The van der Waals surface area contributed by atoms with E-state index in [-0.39, 0.29) is 17.7 Å². The Balaban J connectivity index is 1.67. The highest BCUT2D eigenvalue weighted by Crippen LogP contribution is 2.36. The highest BCUT2D eigenvalue weighted by Gasteiger charge is 2.38. The van der Waals surface area contributed by atoms with Crippen LogP contribution in [0.3, 0.4) is 0 Å². The Kier molecular flexibility index (Phi) is 4.41. The molecule has 2 heterocycles. The van der Waals surface area contributed by atoms with Crippen LogP contribution < -0.4 is 10.1 Å². The monoisotopic (exact) mass is 345 g/mol. The first-order valence-electron chi connectivity index (χ1n) is 8.32. The SMILES string of the molecule is COc1cnc2[nH]ccc2c1C(=O)C1CC(NC(=O)OC(C)(C)C)C1. The minimum Gasteiger partial charge on any atom is -0.494 e. The van der Waals surface area contributed by atoms with Gasteiger partial charge in [-0.3, -0.25) is 4.79 Å². The molecule has 2 aromatic rings. The molecule has 1 aliphatic carbocycles. The van der Waals surface area contributed by atoms with E-state index in [9.17, 15) is 9.59 Å². The number of Topliss-reactive ketones (excluding diaryl/α,β-unsaturated/α-hetero) is 1. The number of ether oxygens (including phenoxy) is 2. The fourth-order valence-corrected chi connectivity index (χ4v) is 3.03. The van der Waals surface area contributed by atoms with Crippen molar-refractivity contribution >= 4 is 22.9 Å². The van der Waals surface area contributed by atoms with Gasteiger partial charge >= 0.3 is 6.09 Å². The molecule has 3 rings (SSSR count). The number of alkyl carbamates (subject to hydrolysis) is 1. The fourth-order valence-electron chi connectivity index (χ4n) is 3.03. The van der Waals surface area contributed by atoms with E-state index in [1.807, 2.05) is 26.8 Å². The van der Waals surface area contributed by atoms with Gasteiger partial charge in [0, 0.05) is 23.5 Å². The number of aromatic nitrogens is 2. The summed E-state index contributed by atoms with van der Waals surface area (Å²) in [7, 11) is 1.53. The predicted molar refractivity (Wildman–Crippen MR) is 92.9 cm³/mol. The number of hydrogen-bond acceptors (Lipinski definition) is 5. The van der Waals surface area contributed by atoms with E-state index in [2.05, 4.69) is 15.3 Å². The lowest BCUT2D eigenvalue weighted by Gasteiger charge is -2.35. The van der Waals surface area contributed by atoms with E-state index in [0.29, 0.717) is 29.8 Å². The summed E-state index contributed by atoms with van der Waals surface area (Å²) in [6, 6.07) is 1.78. The molecular formula is C18H23N3O4. The maximum Gasteiger partial charge on any atom is 0.407 e. The van der Waals surface area contributed by atoms with Crippen LogP contribution in [0.5, 0.6) is 5.75 Å². The number of fused-ring (bicyclic) bond motifs is 1. The van der Waals surface area contributed by atoms with Crippen LogP contribution in [-0.4, -0.2) is 40.6 Å². The lowest BCUT2D eigenvalue weighted by molar-refractivity contribution is 0.0439. The second-order valence-electron chi connectivity index (χ2n) is 7.32. The molecule has 0 radical (unpaired) electrons. The Labute approximate surface area is 146 Å². The Morgan fingerprint density at radius 2 is 2.04 bits per heavy atom. The molecule has 0 saturated heterocycles. The topological polar surface area (TPSA) is 93.3 Å². The van der Waals surface area contributed by atoms with Gasteiger partial charge in [-0.05, 0) is 39.7 Å². The first-order valence-corrected chi connectivity index (χ1v) is 8.32. The second kappa shape index (κ2) is 6.38. The number of carbonyl (C=O) groups excluding carboxylic acids is 2. The molecule has 0 aliphatic heterocycles. The molecule has 25 heavy (non-hydrogen) atoms. The van der Waals surface area contributed by atoms with E-state index in [4.69, 9.17) is 9.47 Å². The Bertz CT molecular complexity index is 800. The Hall–Kier alpha value is -2.57. The number of H-pyrrole nitrogens is 1. The summed E-state index contributed by atoms with van der Waals surface area (Å²) in [6.45, 7) is 5.45. The van der Waals surface area contributed by atoms with E-state index in [0.717, 1.165) is 5.39 Å². The van der Waals surface area contributed by atoms with Crippen LogP contribution in [0.4, 0.5) is 4.79 Å². The molecule has 0 unspecified atom stereocenters. The number of methoxy groups -OCH3 is 1. The predicted octanol–water partition coefficient (Wildman–Crippen LogP) is 3.06.